The normalized spacial score (nSPS) is 22.4. The van der Waals surface area contributed by atoms with Crippen molar-refractivity contribution < 1.29 is 14.4 Å². The van der Waals surface area contributed by atoms with Crippen molar-refractivity contribution >= 4 is 46.6 Å². The lowest BCUT2D eigenvalue weighted by molar-refractivity contribution is -0.142. The molecule has 0 spiro atoms. The van der Waals surface area contributed by atoms with E-state index in [4.69, 9.17) is 28.9 Å². The van der Waals surface area contributed by atoms with Crippen LogP contribution in [0.4, 0.5) is 5.69 Å². The number of fused-ring (bicyclic) bond motifs is 1. The van der Waals surface area contributed by atoms with Gasteiger partial charge in [-0.05, 0) is 55.5 Å². The Morgan fingerprint density at radius 1 is 1.03 bits per heavy atom. The third-order valence-electron chi connectivity index (χ3n) is 8.21. The summed E-state index contributed by atoms with van der Waals surface area (Å²) in [7, 11) is 0. The molecule has 2 fully saturated rings. The molecule has 196 valence electrons. The van der Waals surface area contributed by atoms with Crippen LogP contribution in [0.15, 0.2) is 42.5 Å². The van der Waals surface area contributed by atoms with E-state index in [0.717, 1.165) is 36.8 Å². The van der Waals surface area contributed by atoms with Crippen LogP contribution in [-0.2, 0) is 26.3 Å². The fraction of sp³-hybridized carbons (Fsp3) is 0.464. The van der Waals surface area contributed by atoms with Gasteiger partial charge in [0.1, 0.15) is 5.54 Å². The number of anilines is 1. The van der Waals surface area contributed by atoms with Gasteiger partial charge in [0.15, 0.2) is 0 Å². The van der Waals surface area contributed by atoms with Crippen molar-refractivity contribution in [3.05, 3.63) is 63.6 Å². The Bertz CT molecular complexity index is 1210. The Morgan fingerprint density at radius 3 is 2.41 bits per heavy atom. The van der Waals surface area contributed by atoms with Gasteiger partial charge in [-0.2, -0.15) is 0 Å². The second-order valence-corrected chi connectivity index (χ2v) is 11.3. The molecular formula is C28H32Cl2N4O3. The number of nitrogens with two attached hydrogens (primary N) is 1. The smallest absolute Gasteiger partial charge is 0.249 e. The molecule has 0 radical (unpaired) electrons. The van der Waals surface area contributed by atoms with Gasteiger partial charge >= 0.3 is 0 Å². The van der Waals surface area contributed by atoms with Crippen LogP contribution >= 0.6 is 23.2 Å². The summed E-state index contributed by atoms with van der Waals surface area (Å²) in [6, 6.07) is 13.1. The lowest BCUT2D eigenvalue weighted by Gasteiger charge is -2.44. The summed E-state index contributed by atoms with van der Waals surface area (Å²) < 4.78 is 0. The minimum absolute atomic E-state index is 0.0319. The number of hydrogen-bond acceptors (Lipinski definition) is 4. The summed E-state index contributed by atoms with van der Waals surface area (Å²) in [5, 5.41) is 4.21. The molecule has 1 atom stereocenters. The summed E-state index contributed by atoms with van der Waals surface area (Å²) in [6.07, 6.45) is 5.47. The third-order valence-corrected chi connectivity index (χ3v) is 8.68. The van der Waals surface area contributed by atoms with Crippen molar-refractivity contribution in [2.45, 2.75) is 56.5 Å². The average Bonchev–Trinajstić information content (AvgIpc) is 3.49. The lowest BCUT2D eigenvalue weighted by atomic mass is 9.81. The van der Waals surface area contributed by atoms with Crippen LogP contribution in [0.5, 0.6) is 0 Å². The highest BCUT2D eigenvalue weighted by molar-refractivity contribution is 6.31. The molecule has 2 aromatic rings. The number of hydrogen-bond donors (Lipinski definition) is 2. The largest absolute Gasteiger partial charge is 0.369 e. The van der Waals surface area contributed by atoms with E-state index in [1.807, 2.05) is 35.2 Å². The molecule has 5 rings (SSSR count). The SMILES string of the molecule is NC(=O)C1CCN(C(=O)CN(C2CCCC2)C2(Cc3cccc(Cl)c3)C(=O)Nc3cc(Cl)ccc32)CC1. The number of nitrogens with one attached hydrogen (secondary N) is 1. The molecule has 3 N–H and O–H groups in total. The topological polar surface area (TPSA) is 95.7 Å². The van der Waals surface area contributed by atoms with Crippen molar-refractivity contribution in [2.75, 3.05) is 25.0 Å². The Balaban J connectivity index is 1.54. The minimum Gasteiger partial charge on any atom is -0.369 e. The minimum atomic E-state index is -1.08. The zero-order valence-corrected chi connectivity index (χ0v) is 22.2. The molecule has 3 aliphatic rings. The molecule has 0 bridgehead atoms. The second-order valence-electron chi connectivity index (χ2n) is 10.4. The van der Waals surface area contributed by atoms with E-state index in [9.17, 15) is 14.4 Å². The van der Waals surface area contributed by atoms with E-state index < -0.39 is 5.54 Å². The van der Waals surface area contributed by atoms with Crippen LogP contribution < -0.4 is 11.1 Å². The number of primary amides is 1. The van der Waals surface area contributed by atoms with Gasteiger partial charge in [0, 0.05) is 52.8 Å². The zero-order valence-electron chi connectivity index (χ0n) is 20.7. The Morgan fingerprint density at radius 2 is 1.73 bits per heavy atom. The maximum absolute atomic E-state index is 14.0. The number of carbonyl (C=O) groups excluding carboxylic acids is 3. The van der Waals surface area contributed by atoms with E-state index in [0.29, 0.717) is 48.1 Å². The van der Waals surface area contributed by atoms with Gasteiger partial charge in [0.25, 0.3) is 0 Å². The lowest BCUT2D eigenvalue weighted by Crippen LogP contribution is -2.59. The van der Waals surface area contributed by atoms with Crippen LogP contribution in [0.25, 0.3) is 0 Å². The highest BCUT2D eigenvalue weighted by Crippen LogP contribution is 2.47. The van der Waals surface area contributed by atoms with Crippen LogP contribution in [-0.4, -0.2) is 53.2 Å². The number of amides is 3. The number of benzene rings is 2. The van der Waals surface area contributed by atoms with E-state index in [1.165, 1.54) is 0 Å². The molecule has 9 heteroatoms. The molecule has 1 saturated heterocycles. The molecule has 2 heterocycles. The zero-order chi connectivity index (χ0) is 26.2. The predicted molar refractivity (Wildman–Crippen MR) is 144 cm³/mol. The predicted octanol–water partition coefficient (Wildman–Crippen LogP) is 4.35. The van der Waals surface area contributed by atoms with Crippen molar-refractivity contribution in [3.8, 4) is 0 Å². The molecule has 37 heavy (non-hydrogen) atoms. The van der Waals surface area contributed by atoms with E-state index >= 15 is 0 Å². The number of rotatable bonds is 7. The fourth-order valence-electron chi connectivity index (χ4n) is 6.28. The first-order valence-electron chi connectivity index (χ1n) is 13.0. The van der Waals surface area contributed by atoms with Gasteiger partial charge in [-0.3, -0.25) is 19.3 Å². The third kappa shape index (κ3) is 5.09. The first-order valence-corrected chi connectivity index (χ1v) is 13.7. The number of carbonyl (C=O) groups is 3. The Hall–Kier alpha value is -2.61. The molecule has 2 aromatic carbocycles. The summed E-state index contributed by atoms with van der Waals surface area (Å²) in [5.41, 5.74) is 6.84. The van der Waals surface area contributed by atoms with E-state index in [1.54, 1.807) is 12.1 Å². The van der Waals surface area contributed by atoms with E-state index in [-0.39, 0.29) is 36.2 Å². The molecule has 1 unspecified atom stereocenters. The van der Waals surface area contributed by atoms with Gasteiger partial charge < -0.3 is 16.0 Å². The van der Waals surface area contributed by atoms with Gasteiger partial charge in [-0.1, -0.05) is 54.2 Å². The first-order chi connectivity index (χ1) is 17.8. The number of piperidine rings is 1. The standard InChI is InChI=1S/C28H32Cl2N4O3/c29-20-5-3-4-18(14-20)16-28(23-9-8-21(30)15-24(23)32-27(28)37)34(22-6-1-2-7-22)17-25(35)33-12-10-19(11-13-33)26(31)36/h3-5,8-9,14-15,19,22H,1-2,6-7,10-13,16-17H2,(H2,31,36)(H,32,37). The summed E-state index contributed by atoms with van der Waals surface area (Å²) >= 11 is 12.6. The highest BCUT2D eigenvalue weighted by Gasteiger charge is 2.54. The van der Waals surface area contributed by atoms with Crippen LogP contribution in [0.3, 0.4) is 0 Å². The van der Waals surface area contributed by atoms with Crippen molar-refractivity contribution in [1.82, 2.24) is 9.80 Å². The van der Waals surface area contributed by atoms with Crippen LogP contribution in [0, 0.1) is 5.92 Å². The summed E-state index contributed by atoms with van der Waals surface area (Å²) in [4.78, 5) is 43.3. The van der Waals surface area contributed by atoms with Crippen LogP contribution in [0.2, 0.25) is 10.0 Å². The second kappa shape index (κ2) is 10.6. The van der Waals surface area contributed by atoms with Gasteiger partial charge in [0.05, 0.1) is 6.54 Å². The average molecular weight is 543 g/mol. The first kappa shape index (κ1) is 26.0. The Kier molecular flexibility index (Phi) is 7.48. The maximum Gasteiger partial charge on any atom is 0.249 e. The molecule has 7 nitrogen and oxygen atoms in total. The van der Waals surface area contributed by atoms with Crippen LogP contribution in [0.1, 0.15) is 49.7 Å². The molecule has 1 aliphatic carbocycles. The fourth-order valence-corrected chi connectivity index (χ4v) is 6.67. The maximum atomic E-state index is 14.0. The molecule has 0 aromatic heterocycles. The molecule has 1 saturated carbocycles. The quantitative estimate of drug-likeness (QED) is 0.543. The van der Waals surface area contributed by atoms with Crippen molar-refractivity contribution in [2.24, 2.45) is 11.7 Å². The summed E-state index contributed by atoms with van der Waals surface area (Å²) in [6.45, 7) is 1.09. The monoisotopic (exact) mass is 542 g/mol. The highest BCUT2D eigenvalue weighted by atomic mass is 35.5. The van der Waals surface area contributed by atoms with Gasteiger partial charge in [-0.25, -0.2) is 0 Å². The van der Waals surface area contributed by atoms with Gasteiger partial charge in [0.2, 0.25) is 17.7 Å². The number of likely N-dealkylation sites (tertiary alicyclic amines) is 1. The molecule has 2 aliphatic heterocycles. The van der Waals surface area contributed by atoms with Crippen molar-refractivity contribution in [3.63, 3.8) is 0 Å². The van der Waals surface area contributed by atoms with E-state index in [2.05, 4.69) is 10.2 Å². The van der Waals surface area contributed by atoms with Crippen molar-refractivity contribution in [1.29, 1.82) is 0 Å². The number of halogens is 2. The Labute approximate surface area is 227 Å². The summed E-state index contributed by atoms with van der Waals surface area (Å²) in [5.74, 6) is -0.688. The number of nitrogens with zero attached hydrogens (tertiary/aromatic N) is 2. The van der Waals surface area contributed by atoms with Gasteiger partial charge in [-0.15, -0.1) is 0 Å². The molecule has 3 amide bonds. The molecular weight excluding hydrogens is 511 g/mol.